The zero-order valence-electron chi connectivity index (χ0n) is 18.2. The molecule has 2 aromatic carbocycles. The number of likely N-dealkylation sites (tertiary alicyclic amines) is 1. The Hall–Kier alpha value is -2.41. The smallest absolute Gasteiger partial charge is 0.255 e. The summed E-state index contributed by atoms with van der Waals surface area (Å²) in [4.78, 5) is 40.7. The van der Waals surface area contributed by atoms with Gasteiger partial charge in [-0.25, -0.2) is 0 Å². The van der Waals surface area contributed by atoms with E-state index in [1.54, 1.807) is 4.90 Å². The van der Waals surface area contributed by atoms with Crippen molar-refractivity contribution in [1.29, 1.82) is 0 Å². The highest BCUT2D eigenvalue weighted by molar-refractivity contribution is 6.42. The van der Waals surface area contributed by atoms with E-state index in [4.69, 9.17) is 23.2 Å². The van der Waals surface area contributed by atoms with Crippen LogP contribution in [0.1, 0.15) is 58.6 Å². The second kappa shape index (κ2) is 9.09. The number of rotatable bonds is 4. The van der Waals surface area contributed by atoms with Crippen molar-refractivity contribution in [1.82, 2.24) is 15.1 Å². The van der Waals surface area contributed by atoms with Crippen molar-refractivity contribution in [3.8, 4) is 0 Å². The Balaban J connectivity index is 1.22. The Labute approximate surface area is 202 Å². The Morgan fingerprint density at radius 2 is 1.73 bits per heavy atom. The quantitative estimate of drug-likeness (QED) is 0.660. The number of piperidine rings is 2. The largest absolute Gasteiger partial charge is 0.322 e. The van der Waals surface area contributed by atoms with Gasteiger partial charge in [-0.15, -0.1) is 0 Å². The van der Waals surface area contributed by atoms with E-state index in [1.165, 1.54) is 5.56 Å². The molecule has 1 unspecified atom stereocenters. The lowest BCUT2D eigenvalue weighted by Gasteiger charge is -2.32. The van der Waals surface area contributed by atoms with Gasteiger partial charge in [0.15, 0.2) is 0 Å². The van der Waals surface area contributed by atoms with Crippen LogP contribution >= 0.6 is 23.2 Å². The van der Waals surface area contributed by atoms with Crippen molar-refractivity contribution in [3.05, 3.63) is 68.7 Å². The highest BCUT2D eigenvalue weighted by Gasteiger charge is 2.39. The van der Waals surface area contributed by atoms with Crippen LogP contribution in [0, 0.1) is 0 Å². The van der Waals surface area contributed by atoms with Crippen LogP contribution in [0.4, 0.5) is 0 Å². The minimum Gasteiger partial charge on any atom is -0.322 e. The number of nitrogens with zero attached hydrogens (tertiary/aromatic N) is 2. The molecule has 2 saturated heterocycles. The van der Waals surface area contributed by atoms with E-state index in [0.717, 1.165) is 43.6 Å². The third kappa shape index (κ3) is 4.52. The summed E-state index contributed by atoms with van der Waals surface area (Å²) in [6.45, 7) is 3.25. The molecule has 0 saturated carbocycles. The predicted octanol–water partition coefficient (Wildman–Crippen LogP) is 4.13. The van der Waals surface area contributed by atoms with E-state index in [9.17, 15) is 14.4 Å². The summed E-state index contributed by atoms with van der Waals surface area (Å²) >= 11 is 12.2. The molecule has 172 valence electrons. The standard InChI is InChI=1S/C25H25Cl2N3O3/c26-20-4-1-15(11-21(20)27)13-29-9-7-16(8-10-29)17-2-3-19-18(12-17)14-30(25(19)33)22-5-6-23(31)28-24(22)32/h1-4,11-12,16,22H,5-10,13-14H2,(H,28,31,32). The van der Waals surface area contributed by atoms with Gasteiger partial charge in [-0.05, 0) is 73.2 Å². The minimum absolute atomic E-state index is 0.123. The van der Waals surface area contributed by atoms with Crippen LogP contribution in [0.2, 0.25) is 10.0 Å². The van der Waals surface area contributed by atoms with Gasteiger partial charge in [0.25, 0.3) is 5.91 Å². The van der Waals surface area contributed by atoms with E-state index >= 15 is 0 Å². The van der Waals surface area contributed by atoms with Crippen molar-refractivity contribution in [2.24, 2.45) is 0 Å². The molecule has 3 amide bonds. The van der Waals surface area contributed by atoms with E-state index in [2.05, 4.69) is 22.3 Å². The molecule has 3 heterocycles. The molecule has 5 rings (SSSR count). The number of halogens is 2. The lowest BCUT2D eigenvalue weighted by molar-refractivity contribution is -0.136. The Bertz CT molecular complexity index is 1130. The fourth-order valence-corrected chi connectivity index (χ4v) is 5.49. The lowest BCUT2D eigenvalue weighted by Crippen LogP contribution is -2.52. The molecule has 8 heteroatoms. The van der Waals surface area contributed by atoms with Crippen molar-refractivity contribution in [3.63, 3.8) is 0 Å². The molecule has 0 bridgehead atoms. The van der Waals surface area contributed by atoms with Gasteiger partial charge in [0.05, 0.1) is 10.0 Å². The number of carbonyl (C=O) groups excluding carboxylic acids is 3. The van der Waals surface area contributed by atoms with Gasteiger partial charge >= 0.3 is 0 Å². The molecule has 3 aliphatic rings. The molecule has 2 fully saturated rings. The van der Waals surface area contributed by atoms with Gasteiger partial charge in [-0.1, -0.05) is 41.4 Å². The first-order chi connectivity index (χ1) is 15.9. The third-order valence-electron chi connectivity index (χ3n) is 7.00. The summed E-state index contributed by atoms with van der Waals surface area (Å²) in [6, 6.07) is 11.3. The van der Waals surface area contributed by atoms with Crippen LogP contribution in [0.15, 0.2) is 36.4 Å². The summed E-state index contributed by atoms with van der Waals surface area (Å²) in [7, 11) is 0. The molecule has 0 aromatic heterocycles. The van der Waals surface area contributed by atoms with Crippen LogP contribution in [0.25, 0.3) is 0 Å². The highest BCUT2D eigenvalue weighted by Crippen LogP contribution is 2.34. The predicted molar refractivity (Wildman–Crippen MR) is 126 cm³/mol. The molecule has 2 aromatic rings. The molecular weight excluding hydrogens is 461 g/mol. The topological polar surface area (TPSA) is 69.7 Å². The Morgan fingerprint density at radius 1 is 0.939 bits per heavy atom. The average molecular weight is 486 g/mol. The molecule has 33 heavy (non-hydrogen) atoms. The molecule has 0 spiro atoms. The summed E-state index contributed by atoms with van der Waals surface area (Å²) in [5.41, 5.74) is 4.05. The maximum atomic E-state index is 12.9. The molecule has 6 nitrogen and oxygen atoms in total. The van der Waals surface area contributed by atoms with Crippen molar-refractivity contribution in [2.75, 3.05) is 13.1 Å². The Morgan fingerprint density at radius 3 is 2.45 bits per heavy atom. The fourth-order valence-electron chi connectivity index (χ4n) is 5.17. The molecule has 3 aliphatic heterocycles. The van der Waals surface area contributed by atoms with E-state index in [-0.39, 0.29) is 24.1 Å². The monoisotopic (exact) mass is 485 g/mol. The average Bonchev–Trinajstić information content (AvgIpc) is 3.12. The van der Waals surface area contributed by atoms with Crippen LogP contribution in [-0.4, -0.2) is 46.7 Å². The number of hydrogen-bond donors (Lipinski definition) is 1. The highest BCUT2D eigenvalue weighted by atomic mass is 35.5. The number of carbonyl (C=O) groups is 3. The van der Waals surface area contributed by atoms with Crippen LogP contribution in [-0.2, 0) is 22.7 Å². The van der Waals surface area contributed by atoms with Gasteiger partial charge in [0.2, 0.25) is 11.8 Å². The molecule has 0 radical (unpaired) electrons. The maximum absolute atomic E-state index is 12.9. The third-order valence-corrected chi connectivity index (χ3v) is 7.74. The van der Waals surface area contributed by atoms with Crippen LogP contribution in [0.5, 0.6) is 0 Å². The summed E-state index contributed by atoms with van der Waals surface area (Å²) in [5, 5.41) is 3.51. The van der Waals surface area contributed by atoms with Crippen molar-refractivity contribution < 1.29 is 14.4 Å². The lowest BCUT2D eigenvalue weighted by atomic mass is 9.87. The van der Waals surface area contributed by atoms with Crippen LogP contribution < -0.4 is 5.32 Å². The molecular formula is C25H25Cl2N3O3. The number of benzene rings is 2. The number of amides is 3. The van der Waals surface area contributed by atoms with Crippen LogP contribution in [0.3, 0.4) is 0 Å². The zero-order chi connectivity index (χ0) is 23.1. The summed E-state index contributed by atoms with van der Waals surface area (Å²) in [5.74, 6) is -0.322. The first-order valence-electron chi connectivity index (χ1n) is 11.3. The zero-order valence-corrected chi connectivity index (χ0v) is 19.7. The summed E-state index contributed by atoms with van der Waals surface area (Å²) < 4.78 is 0. The second-order valence-corrected chi connectivity index (χ2v) is 9.93. The van der Waals surface area contributed by atoms with E-state index < -0.39 is 6.04 Å². The van der Waals surface area contributed by atoms with Crippen molar-refractivity contribution in [2.45, 2.75) is 50.7 Å². The van der Waals surface area contributed by atoms with E-state index in [1.807, 2.05) is 24.3 Å². The van der Waals surface area contributed by atoms with Gasteiger partial charge in [-0.2, -0.15) is 0 Å². The molecule has 1 atom stereocenters. The molecule has 0 aliphatic carbocycles. The fraction of sp³-hybridized carbons (Fsp3) is 0.400. The summed E-state index contributed by atoms with van der Waals surface area (Å²) in [6.07, 6.45) is 2.74. The van der Waals surface area contributed by atoms with Crippen molar-refractivity contribution >= 4 is 40.9 Å². The number of nitrogens with one attached hydrogen (secondary N) is 1. The van der Waals surface area contributed by atoms with Gasteiger partial charge in [-0.3, -0.25) is 24.6 Å². The SMILES string of the molecule is O=C1CCC(N2Cc3cc(C4CCN(Cc5ccc(Cl)c(Cl)c5)CC4)ccc3C2=O)C(=O)N1. The normalized spacial score (nSPS) is 21.9. The second-order valence-electron chi connectivity index (χ2n) is 9.12. The first kappa shape index (κ1) is 22.4. The maximum Gasteiger partial charge on any atom is 0.255 e. The van der Waals surface area contributed by atoms with Gasteiger partial charge in [0, 0.05) is 25.1 Å². The number of fused-ring (bicyclic) bond motifs is 1. The Kier molecular flexibility index (Phi) is 6.16. The number of imide groups is 1. The molecule has 1 N–H and O–H groups in total. The minimum atomic E-state index is -0.573. The van der Waals surface area contributed by atoms with Gasteiger partial charge in [0.1, 0.15) is 6.04 Å². The number of hydrogen-bond acceptors (Lipinski definition) is 4. The first-order valence-corrected chi connectivity index (χ1v) is 12.1. The van der Waals surface area contributed by atoms with Gasteiger partial charge < -0.3 is 4.90 Å². The van der Waals surface area contributed by atoms with E-state index in [0.29, 0.717) is 34.5 Å².